The van der Waals surface area contributed by atoms with E-state index in [1.165, 1.54) is 0 Å². The molecular weight excluding hydrogens is 314 g/mol. The molecule has 0 spiro atoms. The molecule has 0 fully saturated rings. The lowest BCUT2D eigenvalue weighted by atomic mass is 10.0. The highest BCUT2D eigenvalue weighted by Crippen LogP contribution is 2.32. The summed E-state index contributed by atoms with van der Waals surface area (Å²) in [6.45, 7) is 5.27. The molecule has 2 heterocycles. The van der Waals surface area contributed by atoms with Gasteiger partial charge in [0.05, 0.1) is 18.2 Å². The zero-order valence-electron chi connectivity index (χ0n) is 15.0. The van der Waals surface area contributed by atoms with E-state index in [0.717, 1.165) is 30.5 Å². The van der Waals surface area contributed by atoms with Gasteiger partial charge in [-0.05, 0) is 38.0 Å². The van der Waals surface area contributed by atoms with Crippen LogP contribution >= 0.6 is 0 Å². The first-order valence-electron chi connectivity index (χ1n) is 9.09. The Bertz CT molecular complexity index is 775. The highest BCUT2D eigenvalue weighted by Gasteiger charge is 2.32. The number of aromatic nitrogens is 1. The molecular formula is C21H25NO3. The number of carbonyl (C=O) groups is 2. The van der Waals surface area contributed by atoms with Gasteiger partial charge < -0.3 is 9.30 Å². The highest BCUT2D eigenvalue weighted by atomic mass is 16.5. The molecule has 1 atom stereocenters. The molecule has 1 aromatic heterocycles. The van der Waals surface area contributed by atoms with Crippen molar-refractivity contribution in [1.82, 2.24) is 4.57 Å². The normalized spacial score (nSPS) is 15.8. The van der Waals surface area contributed by atoms with Crippen LogP contribution in [0.5, 0.6) is 0 Å². The first-order chi connectivity index (χ1) is 12.1. The van der Waals surface area contributed by atoms with Crippen LogP contribution in [0, 0.1) is 6.92 Å². The fourth-order valence-corrected chi connectivity index (χ4v) is 3.44. The first-order valence-corrected chi connectivity index (χ1v) is 9.09. The second-order valence-electron chi connectivity index (χ2n) is 6.71. The molecule has 0 bridgehead atoms. The zero-order valence-corrected chi connectivity index (χ0v) is 15.0. The Kier molecular flexibility index (Phi) is 5.37. The monoisotopic (exact) mass is 339 g/mol. The van der Waals surface area contributed by atoms with E-state index in [1.807, 2.05) is 47.9 Å². The maximum absolute atomic E-state index is 12.8. The average Bonchev–Trinajstić information content (AvgIpc) is 3.19. The summed E-state index contributed by atoms with van der Waals surface area (Å²) in [6.07, 6.45) is 3.79. The molecule has 4 heteroatoms. The van der Waals surface area contributed by atoms with Crippen molar-refractivity contribution in [3.05, 3.63) is 58.9 Å². The summed E-state index contributed by atoms with van der Waals surface area (Å²) in [5, 5.41) is 0. The minimum absolute atomic E-state index is 0.00640. The Morgan fingerprint density at radius 1 is 1.20 bits per heavy atom. The van der Waals surface area contributed by atoms with Gasteiger partial charge in [-0.3, -0.25) is 9.59 Å². The molecule has 0 N–H and O–H groups in total. The van der Waals surface area contributed by atoms with Gasteiger partial charge in [0.25, 0.3) is 0 Å². The molecule has 1 aliphatic rings. The third kappa shape index (κ3) is 3.68. The largest absolute Gasteiger partial charge is 0.465 e. The molecule has 132 valence electrons. The van der Waals surface area contributed by atoms with Crippen molar-refractivity contribution in [2.24, 2.45) is 0 Å². The minimum atomic E-state index is -0.249. The molecule has 1 aliphatic heterocycles. The first kappa shape index (κ1) is 17.5. The van der Waals surface area contributed by atoms with E-state index in [2.05, 4.69) is 6.92 Å². The van der Waals surface area contributed by atoms with Gasteiger partial charge in [-0.2, -0.15) is 0 Å². The van der Waals surface area contributed by atoms with Crippen molar-refractivity contribution in [3.63, 3.8) is 0 Å². The molecule has 4 nitrogen and oxygen atoms in total. The van der Waals surface area contributed by atoms with Crippen LogP contribution in [0.2, 0.25) is 0 Å². The predicted octanol–water partition coefficient (Wildman–Crippen LogP) is 4.25. The van der Waals surface area contributed by atoms with Crippen molar-refractivity contribution >= 4 is 11.8 Å². The molecule has 3 rings (SSSR count). The Hall–Kier alpha value is -2.36. The third-order valence-electron chi connectivity index (χ3n) is 4.80. The van der Waals surface area contributed by atoms with Crippen molar-refractivity contribution in [3.8, 4) is 0 Å². The van der Waals surface area contributed by atoms with Gasteiger partial charge in [0.15, 0.2) is 0 Å². The lowest BCUT2D eigenvalue weighted by Crippen LogP contribution is -2.14. The lowest BCUT2D eigenvalue weighted by molar-refractivity contribution is -0.145. The quantitative estimate of drug-likeness (QED) is 0.430. The minimum Gasteiger partial charge on any atom is -0.465 e. The number of esters is 1. The summed E-state index contributed by atoms with van der Waals surface area (Å²) in [5.41, 5.74) is 3.30. The van der Waals surface area contributed by atoms with E-state index in [-0.39, 0.29) is 17.7 Å². The van der Waals surface area contributed by atoms with Gasteiger partial charge in [0.1, 0.15) is 0 Å². The van der Waals surface area contributed by atoms with E-state index < -0.39 is 0 Å². The Morgan fingerprint density at radius 3 is 2.80 bits per heavy atom. The number of hydrogen-bond acceptors (Lipinski definition) is 3. The molecule has 0 amide bonds. The van der Waals surface area contributed by atoms with Crippen molar-refractivity contribution in [1.29, 1.82) is 0 Å². The summed E-state index contributed by atoms with van der Waals surface area (Å²) in [5.74, 6) is -0.407. The van der Waals surface area contributed by atoms with Crippen molar-refractivity contribution in [2.45, 2.75) is 52.0 Å². The fourth-order valence-electron chi connectivity index (χ4n) is 3.44. The van der Waals surface area contributed by atoms with Crippen LogP contribution < -0.4 is 0 Å². The van der Waals surface area contributed by atoms with Crippen LogP contribution in [-0.4, -0.2) is 22.9 Å². The highest BCUT2D eigenvalue weighted by molar-refractivity contribution is 6.08. The number of fused-ring (bicyclic) bond motifs is 1. The molecule has 0 saturated carbocycles. The molecule has 0 aliphatic carbocycles. The Morgan fingerprint density at radius 2 is 2.04 bits per heavy atom. The zero-order chi connectivity index (χ0) is 17.8. The number of aryl methyl sites for hydroxylation is 1. The van der Waals surface area contributed by atoms with Crippen LogP contribution in [0.3, 0.4) is 0 Å². The summed E-state index contributed by atoms with van der Waals surface area (Å²) >= 11 is 0. The molecule has 25 heavy (non-hydrogen) atoms. The summed E-state index contributed by atoms with van der Waals surface area (Å²) in [4.78, 5) is 25.1. The summed E-state index contributed by atoms with van der Waals surface area (Å²) in [7, 11) is 0. The SMILES string of the molecule is CCCCCOC(=O)C1CCn2c(C(=O)c3cccc(C)c3)ccc21. The number of unbranched alkanes of at least 4 members (excludes halogenated alkanes) is 2. The number of carbonyl (C=O) groups excluding carboxylic acids is 2. The fraction of sp³-hybridized carbons (Fsp3) is 0.429. The molecule has 0 radical (unpaired) electrons. The van der Waals surface area contributed by atoms with Gasteiger partial charge >= 0.3 is 5.97 Å². The standard InChI is InChI=1S/C21H25NO3/c1-3-4-5-13-25-21(24)17-11-12-22-18(17)9-10-19(22)20(23)16-8-6-7-15(2)14-16/h6-10,14,17H,3-5,11-13H2,1-2H3. The topological polar surface area (TPSA) is 48.3 Å². The van der Waals surface area contributed by atoms with Crippen LogP contribution in [0.15, 0.2) is 36.4 Å². The third-order valence-corrected chi connectivity index (χ3v) is 4.80. The number of hydrogen-bond donors (Lipinski definition) is 0. The number of rotatable bonds is 7. The maximum Gasteiger partial charge on any atom is 0.315 e. The predicted molar refractivity (Wildman–Crippen MR) is 96.9 cm³/mol. The maximum atomic E-state index is 12.8. The van der Waals surface area contributed by atoms with Crippen LogP contribution in [0.25, 0.3) is 0 Å². The molecule has 1 unspecified atom stereocenters. The smallest absolute Gasteiger partial charge is 0.315 e. The Labute approximate surface area is 148 Å². The van der Waals surface area contributed by atoms with E-state index in [4.69, 9.17) is 4.74 Å². The molecule has 1 aromatic carbocycles. The van der Waals surface area contributed by atoms with Crippen LogP contribution in [0.4, 0.5) is 0 Å². The summed E-state index contributed by atoms with van der Waals surface area (Å²) in [6, 6.07) is 11.3. The van der Waals surface area contributed by atoms with Gasteiger partial charge in [-0.25, -0.2) is 0 Å². The molecule has 2 aromatic rings. The van der Waals surface area contributed by atoms with Gasteiger partial charge in [0.2, 0.25) is 5.78 Å². The van der Waals surface area contributed by atoms with Crippen LogP contribution in [0.1, 0.15) is 65.8 Å². The van der Waals surface area contributed by atoms with E-state index in [9.17, 15) is 9.59 Å². The lowest BCUT2D eigenvalue weighted by Gasteiger charge is -2.09. The van der Waals surface area contributed by atoms with Crippen molar-refractivity contribution < 1.29 is 14.3 Å². The average molecular weight is 339 g/mol. The van der Waals surface area contributed by atoms with Crippen LogP contribution in [-0.2, 0) is 16.1 Å². The van der Waals surface area contributed by atoms with E-state index in [1.54, 1.807) is 0 Å². The van der Waals surface area contributed by atoms with E-state index >= 15 is 0 Å². The Balaban J connectivity index is 1.73. The number of nitrogens with zero attached hydrogens (tertiary/aromatic N) is 1. The van der Waals surface area contributed by atoms with Gasteiger partial charge in [0, 0.05) is 17.8 Å². The number of ketones is 1. The second-order valence-corrected chi connectivity index (χ2v) is 6.71. The van der Waals surface area contributed by atoms with Gasteiger partial charge in [-0.15, -0.1) is 0 Å². The second kappa shape index (κ2) is 7.68. The van der Waals surface area contributed by atoms with Crippen molar-refractivity contribution in [2.75, 3.05) is 6.61 Å². The van der Waals surface area contributed by atoms with E-state index in [0.29, 0.717) is 30.8 Å². The molecule has 0 saturated heterocycles. The number of benzene rings is 1. The number of ether oxygens (including phenoxy) is 1. The summed E-state index contributed by atoms with van der Waals surface area (Å²) < 4.78 is 7.39. The van der Waals surface area contributed by atoms with Gasteiger partial charge in [-0.1, -0.05) is 43.5 Å².